The van der Waals surface area contributed by atoms with Gasteiger partial charge in [-0.3, -0.25) is 0 Å². The van der Waals surface area contributed by atoms with E-state index in [4.69, 9.17) is 14.2 Å². The second kappa shape index (κ2) is 11.2. The zero-order valence-corrected chi connectivity index (χ0v) is 25.1. The molecule has 4 rings (SSSR count). The Morgan fingerprint density at radius 3 is 1.32 bits per heavy atom. The second-order valence-corrected chi connectivity index (χ2v) is 11.7. The molecule has 0 aromatic heterocycles. The molecule has 4 nitrogen and oxygen atoms in total. The second-order valence-electron chi connectivity index (χ2n) is 11.7. The minimum atomic E-state index is -0.755. The van der Waals surface area contributed by atoms with Crippen molar-refractivity contribution in [1.82, 2.24) is 0 Å². The molecule has 0 aliphatic heterocycles. The summed E-state index contributed by atoms with van der Waals surface area (Å²) >= 11 is 0. The molecule has 0 N–H and O–H groups in total. The van der Waals surface area contributed by atoms with Crippen LogP contribution in [0, 0.1) is 27.7 Å². The highest BCUT2D eigenvalue weighted by Crippen LogP contribution is 2.37. The molecule has 0 heterocycles. The van der Waals surface area contributed by atoms with Crippen LogP contribution in [-0.2, 0) is 10.8 Å². The van der Waals surface area contributed by atoms with Gasteiger partial charge in [-0.1, -0.05) is 93.9 Å². The van der Waals surface area contributed by atoms with Crippen molar-refractivity contribution in [2.45, 2.75) is 66.2 Å². The fraction of sp³-hybridized carbons (Fsp3) is 0.306. The normalized spacial score (nSPS) is 11.7. The van der Waals surface area contributed by atoms with Crippen molar-refractivity contribution in [3.63, 3.8) is 0 Å². The number of methoxy groups -OCH3 is 1. The lowest BCUT2D eigenvalue weighted by Crippen LogP contribution is -2.20. The average molecular weight is 537 g/mol. The largest absolute Gasteiger partial charge is 0.519 e. The number of ether oxygens (including phenoxy) is 3. The zero-order valence-electron chi connectivity index (χ0n) is 25.1. The molecule has 0 saturated heterocycles. The predicted molar refractivity (Wildman–Crippen MR) is 162 cm³/mol. The van der Waals surface area contributed by atoms with E-state index in [2.05, 4.69) is 83.1 Å². The van der Waals surface area contributed by atoms with Gasteiger partial charge in [0.2, 0.25) is 0 Å². The molecule has 4 aromatic carbocycles. The van der Waals surface area contributed by atoms with Crippen LogP contribution in [-0.4, -0.2) is 13.3 Å². The summed E-state index contributed by atoms with van der Waals surface area (Å²) in [7, 11) is 1.68. The highest BCUT2D eigenvalue weighted by atomic mass is 16.7. The van der Waals surface area contributed by atoms with Gasteiger partial charge in [-0.05, 0) is 84.8 Å². The monoisotopic (exact) mass is 536 g/mol. The summed E-state index contributed by atoms with van der Waals surface area (Å²) in [5.74, 6) is 1.84. The molecule has 0 amide bonds. The molecule has 4 aromatic rings. The summed E-state index contributed by atoms with van der Waals surface area (Å²) in [6, 6.07) is 26.7. The van der Waals surface area contributed by atoms with E-state index in [1.54, 1.807) is 7.11 Å². The molecule has 40 heavy (non-hydrogen) atoms. The van der Waals surface area contributed by atoms with E-state index in [-0.39, 0.29) is 10.8 Å². The van der Waals surface area contributed by atoms with Crippen LogP contribution in [0.15, 0.2) is 78.9 Å². The SMILES string of the molecule is COc1ccc(C(C)(C)c2ccc(OC(=O)Oc3ccc(C(C)(C)c4cccc(C)c4)cc3C)c(C)c2)cc1C. The van der Waals surface area contributed by atoms with Gasteiger partial charge in [-0.25, -0.2) is 4.79 Å². The highest BCUT2D eigenvalue weighted by Gasteiger charge is 2.26. The Kier molecular flexibility index (Phi) is 8.11. The van der Waals surface area contributed by atoms with E-state index in [0.29, 0.717) is 11.5 Å². The third kappa shape index (κ3) is 5.91. The van der Waals surface area contributed by atoms with Crippen LogP contribution in [0.3, 0.4) is 0 Å². The summed E-state index contributed by atoms with van der Waals surface area (Å²) in [6.45, 7) is 16.8. The summed E-state index contributed by atoms with van der Waals surface area (Å²) in [5, 5.41) is 0. The lowest BCUT2D eigenvalue weighted by atomic mass is 9.77. The Labute approximate surface area is 238 Å². The van der Waals surface area contributed by atoms with Crippen molar-refractivity contribution in [2.75, 3.05) is 7.11 Å². The minimum Gasteiger partial charge on any atom is -0.496 e. The van der Waals surface area contributed by atoms with Crippen LogP contribution >= 0.6 is 0 Å². The first-order chi connectivity index (χ1) is 18.8. The van der Waals surface area contributed by atoms with Crippen molar-refractivity contribution >= 4 is 6.16 Å². The third-order valence-corrected chi connectivity index (χ3v) is 8.04. The number of hydrogen-bond acceptors (Lipinski definition) is 4. The number of carbonyl (C=O) groups is 1. The summed E-state index contributed by atoms with van der Waals surface area (Å²) in [5.41, 5.74) is 8.32. The van der Waals surface area contributed by atoms with Gasteiger partial charge >= 0.3 is 6.16 Å². The summed E-state index contributed by atoms with van der Waals surface area (Å²) in [6.07, 6.45) is -0.755. The molecule has 0 aliphatic carbocycles. The maximum absolute atomic E-state index is 12.8. The van der Waals surface area contributed by atoms with Gasteiger partial charge in [0.1, 0.15) is 17.2 Å². The minimum absolute atomic E-state index is 0.188. The standard InChI is InChI=1S/C36H40O4/c1-23-11-10-12-27(19-23)35(5,6)29-14-17-32(25(3)21-29)39-34(37)40-33-18-15-30(22-26(33)4)36(7,8)28-13-16-31(38-9)24(2)20-28/h10-22H,1-9H3. The van der Waals surface area contributed by atoms with Gasteiger partial charge in [0.15, 0.2) is 0 Å². The van der Waals surface area contributed by atoms with Crippen molar-refractivity contribution < 1.29 is 19.0 Å². The van der Waals surface area contributed by atoms with Crippen molar-refractivity contribution in [1.29, 1.82) is 0 Å². The summed E-state index contributed by atoms with van der Waals surface area (Å²) in [4.78, 5) is 12.8. The number of carbonyl (C=O) groups excluding carboxylic acids is 1. The Bertz CT molecular complexity index is 1540. The highest BCUT2D eigenvalue weighted by molar-refractivity contribution is 5.68. The van der Waals surface area contributed by atoms with Gasteiger partial charge in [-0.2, -0.15) is 0 Å². The average Bonchev–Trinajstić information content (AvgIpc) is 2.90. The van der Waals surface area contributed by atoms with Crippen molar-refractivity contribution in [3.8, 4) is 17.2 Å². The Balaban J connectivity index is 1.48. The Morgan fingerprint density at radius 2 is 0.950 bits per heavy atom. The number of hydrogen-bond donors (Lipinski definition) is 0. The molecule has 0 saturated carbocycles. The first-order valence-corrected chi connectivity index (χ1v) is 13.7. The van der Waals surface area contributed by atoms with Crippen LogP contribution in [0.1, 0.15) is 72.2 Å². The topological polar surface area (TPSA) is 44.8 Å². The van der Waals surface area contributed by atoms with Gasteiger partial charge in [-0.15, -0.1) is 0 Å². The smallest absolute Gasteiger partial charge is 0.496 e. The molecule has 0 radical (unpaired) electrons. The molecule has 0 atom stereocenters. The number of aryl methyl sites for hydroxylation is 4. The lowest BCUT2D eigenvalue weighted by Gasteiger charge is -2.28. The summed E-state index contributed by atoms with van der Waals surface area (Å²) < 4.78 is 16.7. The van der Waals surface area contributed by atoms with E-state index in [1.807, 2.05) is 51.1 Å². The Hall–Kier alpha value is -4.05. The molecular weight excluding hydrogens is 496 g/mol. The fourth-order valence-corrected chi connectivity index (χ4v) is 5.14. The van der Waals surface area contributed by atoms with E-state index >= 15 is 0 Å². The number of rotatable bonds is 7. The fourth-order valence-electron chi connectivity index (χ4n) is 5.14. The molecule has 208 valence electrons. The van der Waals surface area contributed by atoms with Crippen LogP contribution in [0.4, 0.5) is 4.79 Å². The molecule has 0 spiro atoms. The van der Waals surface area contributed by atoms with Gasteiger partial charge in [0, 0.05) is 10.8 Å². The van der Waals surface area contributed by atoms with Crippen LogP contribution in [0.2, 0.25) is 0 Å². The quantitative estimate of drug-likeness (QED) is 0.174. The molecular formula is C36H40O4. The van der Waals surface area contributed by atoms with Crippen LogP contribution in [0.25, 0.3) is 0 Å². The van der Waals surface area contributed by atoms with E-state index in [1.165, 1.54) is 16.7 Å². The molecule has 4 heteroatoms. The van der Waals surface area contributed by atoms with Crippen molar-refractivity contribution in [3.05, 3.63) is 123 Å². The van der Waals surface area contributed by atoms with Gasteiger partial charge in [0.25, 0.3) is 0 Å². The molecule has 0 fully saturated rings. The first kappa shape index (κ1) is 28.9. The van der Waals surface area contributed by atoms with E-state index in [0.717, 1.165) is 33.6 Å². The lowest BCUT2D eigenvalue weighted by molar-refractivity contribution is 0.151. The van der Waals surface area contributed by atoms with Gasteiger partial charge < -0.3 is 14.2 Å². The first-order valence-electron chi connectivity index (χ1n) is 13.7. The molecule has 0 unspecified atom stereocenters. The zero-order chi connectivity index (χ0) is 29.2. The van der Waals surface area contributed by atoms with Crippen molar-refractivity contribution in [2.24, 2.45) is 0 Å². The maximum atomic E-state index is 12.8. The molecule has 0 aliphatic rings. The third-order valence-electron chi connectivity index (χ3n) is 8.04. The molecule has 0 bridgehead atoms. The number of benzene rings is 4. The van der Waals surface area contributed by atoms with E-state index < -0.39 is 6.16 Å². The van der Waals surface area contributed by atoms with E-state index in [9.17, 15) is 4.79 Å². The Morgan fingerprint density at radius 1 is 0.550 bits per heavy atom. The maximum Gasteiger partial charge on any atom is 0.519 e. The predicted octanol–water partition coefficient (Wildman–Crippen LogP) is 9.16. The van der Waals surface area contributed by atoms with Crippen LogP contribution in [0.5, 0.6) is 17.2 Å². The van der Waals surface area contributed by atoms with Gasteiger partial charge in [0.05, 0.1) is 7.11 Å². The van der Waals surface area contributed by atoms with Crippen LogP contribution < -0.4 is 14.2 Å².